The molecule has 2 amide bonds. The van der Waals surface area contributed by atoms with Crippen LogP contribution >= 0.6 is 11.6 Å². The summed E-state index contributed by atoms with van der Waals surface area (Å²) in [7, 11) is 1.55. The van der Waals surface area contributed by atoms with Crippen LogP contribution in [0.4, 0.5) is 5.69 Å². The first-order valence-electron chi connectivity index (χ1n) is 9.65. The first-order chi connectivity index (χ1) is 14.0. The molecule has 1 aliphatic rings. The first kappa shape index (κ1) is 20.9. The maximum atomic E-state index is 12.7. The van der Waals surface area contributed by atoms with Gasteiger partial charge in [0, 0.05) is 36.2 Å². The zero-order chi connectivity index (χ0) is 20.8. The molecule has 2 aromatic carbocycles. The van der Waals surface area contributed by atoms with Crippen molar-refractivity contribution in [1.29, 1.82) is 0 Å². The first-order valence-corrected chi connectivity index (χ1v) is 10.0. The molecule has 29 heavy (non-hydrogen) atoms. The van der Waals surface area contributed by atoms with Gasteiger partial charge in [0.25, 0.3) is 0 Å². The summed E-state index contributed by atoms with van der Waals surface area (Å²) in [5.74, 6) is 0.310. The number of halogens is 1. The largest absolute Gasteiger partial charge is 0.495 e. The molecule has 0 atom stereocenters. The Bertz CT molecular complexity index is 904. The van der Waals surface area contributed by atoms with E-state index in [0.717, 1.165) is 11.1 Å². The van der Waals surface area contributed by atoms with E-state index in [0.29, 0.717) is 42.4 Å². The lowest BCUT2D eigenvalue weighted by atomic mass is 9.95. The molecule has 1 N–H and O–H groups in total. The Morgan fingerprint density at radius 3 is 2.52 bits per heavy atom. The van der Waals surface area contributed by atoms with Crippen molar-refractivity contribution in [3.63, 3.8) is 0 Å². The van der Waals surface area contributed by atoms with Crippen LogP contribution in [0, 0.1) is 12.8 Å². The molecule has 3 rings (SSSR count). The lowest BCUT2D eigenvalue weighted by molar-refractivity contribution is -0.130. The highest BCUT2D eigenvalue weighted by Crippen LogP contribution is 2.32. The molecule has 0 spiro atoms. The van der Waals surface area contributed by atoms with Gasteiger partial charge in [-0.2, -0.15) is 0 Å². The Morgan fingerprint density at radius 1 is 1.17 bits per heavy atom. The Balaban J connectivity index is 1.55. The predicted molar refractivity (Wildman–Crippen MR) is 116 cm³/mol. The molecule has 1 aliphatic heterocycles. The van der Waals surface area contributed by atoms with Gasteiger partial charge in [-0.15, -0.1) is 0 Å². The molecule has 0 bridgehead atoms. The fourth-order valence-electron chi connectivity index (χ4n) is 3.36. The van der Waals surface area contributed by atoms with Gasteiger partial charge in [-0.3, -0.25) is 9.59 Å². The van der Waals surface area contributed by atoms with Gasteiger partial charge in [-0.05, 0) is 43.0 Å². The van der Waals surface area contributed by atoms with Gasteiger partial charge >= 0.3 is 0 Å². The summed E-state index contributed by atoms with van der Waals surface area (Å²) in [6.45, 7) is 3.00. The number of piperidine rings is 1. The lowest BCUT2D eigenvalue weighted by Gasteiger charge is -2.30. The summed E-state index contributed by atoms with van der Waals surface area (Å²) < 4.78 is 5.32. The smallest absolute Gasteiger partial charge is 0.246 e. The van der Waals surface area contributed by atoms with Crippen LogP contribution in [0.15, 0.2) is 48.5 Å². The highest BCUT2D eigenvalue weighted by molar-refractivity contribution is 6.31. The topological polar surface area (TPSA) is 58.6 Å². The van der Waals surface area contributed by atoms with Crippen molar-refractivity contribution in [3.05, 3.63) is 64.7 Å². The number of rotatable bonds is 5. The predicted octanol–water partition coefficient (Wildman–Crippen LogP) is 4.55. The summed E-state index contributed by atoms with van der Waals surface area (Å²) in [6, 6.07) is 13.2. The van der Waals surface area contributed by atoms with E-state index in [9.17, 15) is 9.59 Å². The zero-order valence-electron chi connectivity index (χ0n) is 16.7. The molecule has 0 unspecified atom stereocenters. The number of carbonyl (C=O) groups excluding carboxylic acids is 2. The third kappa shape index (κ3) is 5.39. The average molecular weight is 413 g/mol. The van der Waals surface area contributed by atoms with Crippen molar-refractivity contribution in [3.8, 4) is 5.75 Å². The van der Waals surface area contributed by atoms with Gasteiger partial charge in [0.05, 0.1) is 12.8 Å². The monoisotopic (exact) mass is 412 g/mol. The van der Waals surface area contributed by atoms with Gasteiger partial charge in [0.1, 0.15) is 5.75 Å². The van der Waals surface area contributed by atoms with Crippen molar-refractivity contribution in [2.24, 2.45) is 5.92 Å². The van der Waals surface area contributed by atoms with Crippen molar-refractivity contribution in [2.75, 3.05) is 25.5 Å². The van der Waals surface area contributed by atoms with E-state index in [1.54, 1.807) is 24.2 Å². The van der Waals surface area contributed by atoms with E-state index in [4.69, 9.17) is 16.3 Å². The van der Waals surface area contributed by atoms with E-state index in [1.165, 1.54) is 0 Å². The maximum absolute atomic E-state index is 12.7. The normalized spacial score (nSPS) is 14.8. The van der Waals surface area contributed by atoms with E-state index in [2.05, 4.69) is 5.32 Å². The summed E-state index contributed by atoms with van der Waals surface area (Å²) in [5, 5.41) is 3.54. The quantitative estimate of drug-likeness (QED) is 0.733. The average Bonchev–Trinajstić information content (AvgIpc) is 2.75. The number of nitrogens with zero attached hydrogens (tertiary/aromatic N) is 1. The molecule has 0 radical (unpaired) electrons. The summed E-state index contributed by atoms with van der Waals surface area (Å²) in [4.78, 5) is 26.9. The number of anilines is 1. The van der Waals surface area contributed by atoms with Crippen LogP contribution in [0.1, 0.15) is 24.0 Å². The number of benzene rings is 2. The fourth-order valence-corrected chi connectivity index (χ4v) is 3.52. The number of nitrogens with one attached hydrogen (secondary N) is 1. The number of amides is 2. The van der Waals surface area contributed by atoms with Crippen LogP contribution in [0.5, 0.6) is 5.75 Å². The number of likely N-dealkylation sites (tertiary alicyclic amines) is 1. The number of ether oxygens (including phenoxy) is 1. The van der Waals surface area contributed by atoms with Crippen LogP contribution in [-0.2, 0) is 9.59 Å². The second-order valence-corrected chi connectivity index (χ2v) is 7.54. The van der Waals surface area contributed by atoms with E-state index in [1.807, 2.05) is 49.4 Å². The SMILES string of the molecule is COc1cc(Cl)c(C)cc1NC(=O)C1CCN(C(=O)C=Cc2ccccc2)CC1. The molecule has 1 heterocycles. The van der Waals surface area contributed by atoms with Crippen LogP contribution in [-0.4, -0.2) is 36.9 Å². The van der Waals surface area contributed by atoms with Crippen LogP contribution < -0.4 is 10.1 Å². The van der Waals surface area contributed by atoms with Crippen LogP contribution in [0.2, 0.25) is 5.02 Å². The highest BCUT2D eigenvalue weighted by atomic mass is 35.5. The van der Waals surface area contributed by atoms with Gasteiger partial charge in [0.15, 0.2) is 0 Å². The molecule has 0 saturated carbocycles. The van der Waals surface area contributed by atoms with Gasteiger partial charge in [-0.1, -0.05) is 41.9 Å². The standard InChI is InChI=1S/C23H25ClN2O3/c1-16-14-20(21(29-2)15-19(16)24)25-23(28)18-10-12-26(13-11-18)22(27)9-8-17-6-4-3-5-7-17/h3-9,14-15,18H,10-13H2,1-2H3,(H,25,28). The minimum Gasteiger partial charge on any atom is -0.495 e. The van der Waals surface area contributed by atoms with Gasteiger partial charge in [-0.25, -0.2) is 0 Å². The minimum atomic E-state index is -0.141. The number of methoxy groups -OCH3 is 1. The van der Waals surface area contributed by atoms with Gasteiger partial charge in [0.2, 0.25) is 11.8 Å². The van der Waals surface area contributed by atoms with Gasteiger partial charge < -0.3 is 15.0 Å². The maximum Gasteiger partial charge on any atom is 0.246 e. The van der Waals surface area contributed by atoms with E-state index < -0.39 is 0 Å². The number of hydrogen-bond acceptors (Lipinski definition) is 3. The van der Waals surface area contributed by atoms with Crippen molar-refractivity contribution >= 4 is 35.2 Å². The molecule has 1 fully saturated rings. The van der Waals surface area contributed by atoms with Crippen molar-refractivity contribution < 1.29 is 14.3 Å². The molecule has 2 aromatic rings. The van der Waals surface area contributed by atoms with E-state index >= 15 is 0 Å². The number of aryl methyl sites for hydroxylation is 1. The molecule has 5 nitrogen and oxygen atoms in total. The molecule has 152 valence electrons. The lowest BCUT2D eigenvalue weighted by Crippen LogP contribution is -2.40. The number of carbonyl (C=O) groups is 2. The minimum absolute atomic E-state index is 0.0253. The summed E-state index contributed by atoms with van der Waals surface area (Å²) in [6.07, 6.45) is 4.67. The summed E-state index contributed by atoms with van der Waals surface area (Å²) in [5.41, 5.74) is 2.47. The molecular formula is C23H25ClN2O3. The second-order valence-electron chi connectivity index (χ2n) is 7.13. The third-order valence-corrected chi connectivity index (χ3v) is 5.54. The molecular weight excluding hydrogens is 388 g/mol. The summed E-state index contributed by atoms with van der Waals surface area (Å²) >= 11 is 6.12. The highest BCUT2D eigenvalue weighted by Gasteiger charge is 2.27. The second kappa shape index (κ2) is 9.61. The van der Waals surface area contributed by atoms with E-state index in [-0.39, 0.29) is 17.7 Å². The Morgan fingerprint density at radius 2 is 1.86 bits per heavy atom. The zero-order valence-corrected chi connectivity index (χ0v) is 17.4. The third-order valence-electron chi connectivity index (χ3n) is 5.13. The molecule has 1 saturated heterocycles. The molecule has 6 heteroatoms. The number of hydrogen-bond donors (Lipinski definition) is 1. The Kier molecular flexibility index (Phi) is 6.94. The molecule has 0 aromatic heterocycles. The fraction of sp³-hybridized carbons (Fsp3) is 0.304. The van der Waals surface area contributed by atoms with Crippen LogP contribution in [0.3, 0.4) is 0 Å². The van der Waals surface area contributed by atoms with Crippen LogP contribution in [0.25, 0.3) is 6.08 Å². The Labute approximate surface area is 176 Å². The Hall–Kier alpha value is -2.79. The molecule has 0 aliphatic carbocycles. The van der Waals surface area contributed by atoms with Crippen molar-refractivity contribution in [2.45, 2.75) is 19.8 Å². The van der Waals surface area contributed by atoms with Crippen molar-refractivity contribution in [1.82, 2.24) is 4.90 Å².